The lowest BCUT2D eigenvalue weighted by Crippen LogP contribution is -2.29. The highest BCUT2D eigenvalue weighted by Gasteiger charge is 2.18. The Bertz CT molecular complexity index is 602. The van der Waals surface area contributed by atoms with E-state index in [1.165, 1.54) is 16.3 Å². The van der Waals surface area contributed by atoms with Gasteiger partial charge in [0.05, 0.1) is 5.92 Å². The normalized spacial score (nSPS) is 12.7. The van der Waals surface area contributed by atoms with Gasteiger partial charge in [0.1, 0.15) is 0 Å². The van der Waals surface area contributed by atoms with Crippen LogP contribution in [0.1, 0.15) is 25.8 Å². The number of fused-ring (bicyclic) bond motifs is 1. The van der Waals surface area contributed by atoms with Crippen LogP contribution in [0.15, 0.2) is 42.5 Å². The Morgan fingerprint density at radius 2 is 1.86 bits per heavy atom. The van der Waals surface area contributed by atoms with Gasteiger partial charge in [0.15, 0.2) is 0 Å². The Morgan fingerprint density at radius 3 is 2.57 bits per heavy atom. The maximum absolute atomic E-state index is 11.2. The van der Waals surface area contributed by atoms with Crippen LogP contribution in [0, 0.1) is 11.8 Å². The molecule has 112 valence electrons. The predicted molar refractivity (Wildman–Crippen MR) is 86.2 cm³/mol. The molecule has 0 aliphatic rings. The number of rotatable bonds is 7. The number of hydrogen-bond acceptors (Lipinski definition) is 2. The number of aliphatic carboxylic acids is 1. The van der Waals surface area contributed by atoms with E-state index < -0.39 is 5.97 Å². The third-order valence-corrected chi connectivity index (χ3v) is 3.69. The van der Waals surface area contributed by atoms with E-state index in [4.69, 9.17) is 0 Å². The predicted octanol–water partition coefficient (Wildman–Crippen LogP) is 3.68. The summed E-state index contributed by atoms with van der Waals surface area (Å²) >= 11 is 0. The molecule has 0 saturated heterocycles. The topological polar surface area (TPSA) is 49.3 Å². The zero-order valence-electron chi connectivity index (χ0n) is 12.7. The number of nitrogens with one attached hydrogen (secondary N) is 1. The Labute approximate surface area is 126 Å². The van der Waals surface area contributed by atoms with Gasteiger partial charge in [-0.3, -0.25) is 4.79 Å². The number of carboxylic acid groups (broad SMARTS) is 1. The van der Waals surface area contributed by atoms with Crippen LogP contribution in [0.5, 0.6) is 0 Å². The summed E-state index contributed by atoms with van der Waals surface area (Å²) in [6, 6.07) is 14.5. The van der Waals surface area contributed by atoms with Crippen molar-refractivity contribution in [1.82, 2.24) is 5.32 Å². The van der Waals surface area contributed by atoms with Crippen LogP contribution < -0.4 is 5.32 Å². The van der Waals surface area contributed by atoms with Gasteiger partial charge in [0, 0.05) is 13.1 Å². The van der Waals surface area contributed by atoms with Crippen LogP contribution >= 0.6 is 0 Å². The van der Waals surface area contributed by atoms with E-state index in [0.717, 1.165) is 0 Å². The fraction of sp³-hybridized carbons (Fsp3) is 0.389. The number of benzene rings is 2. The first-order valence-corrected chi connectivity index (χ1v) is 7.48. The Hall–Kier alpha value is -1.87. The van der Waals surface area contributed by atoms with Gasteiger partial charge < -0.3 is 10.4 Å². The van der Waals surface area contributed by atoms with Crippen molar-refractivity contribution in [2.75, 3.05) is 6.54 Å². The minimum absolute atomic E-state index is 0.319. The average Bonchev–Trinajstić information content (AvgIpc) is 2.46. The molecule has 21 heavy (non-hydrogen) atoms. The molecule has 1 atom stereocenters. The summed E-state index contributed by atoms with van der Waals surface area (Å²) in [4.78, 5) is 11.2. The average molecular weight is 285 g/mol. The van der Waals surface area contributed by atoms with Gasteiger partial charge in [0.25, 0.3) is 0 Å². The van der Waals surface area contributed by atoms with Crippen LogP contribution in [0.25, 0.3) is 10.8 Å². The Morgan fingerprint density at radius 1 is 1.14 bits per heavy atom. The summed E-state index contributed by atoms with van der Waals surface area (Å²) in [6.07, 6.45) is 0.706. The van der Waals surface area contributed by atoms with Gasteiger partial charge in [-0.15, -0.1) is 0 Å². The third-order valence-electron chi connectivity index (χ3n) is 3.69. The zero-order valence-corrected chi connectivity index (χ0v) is 12.7. The molecule has 2 N–H and O–H groups in total. The summed E-state index contributed by atoms with van der Waals surface area (Å²) < 4.78 is 0. The van der Waals surface area contributed by atoms with Crippen LogP contribution in [-0.4, -0.2) is 17.6 Å². The second-order valence-electron chi connectivity index (χ2n) is 5.93. The van der Waals surface area contributed by atoms with E-state index in [2.05, 4.69) is 43.4 Å². The van der Waals surface area contributed by atoms with E-state index in [1.54, 1.807) is 0 Å². The van der Waals surface area contributed by atoms with Gasteiger partial charge in [-0.25, -0.2) is 0 Å². The highest BCUT2D eigenvalue weighted by atomic mass is 16.4. The van der Waals surface area contributed by atoms with Crippen molar-refractivity contribution >= 4 is 16.7 Å². The number of carboxylic acids is 1. The third kappa shape index (κ3) is 4.30. The van der Waals surface area contributed by atoms with Crippen molar-refractivity contribution in [3.8, 4) is 0 Å². The first-order chi connectivity index (χ1) is 10.1. The standard InChI is InChI=1S/C18H23NO2/c1-13(2)10-16(18(20)21)12-19-11-15-8-5-7-14-6-3-4-9-17(14)15/h3-9,13,16,19H,10-12H2,1-2H3,(H,20,21). The van der Waals surface area contributed by atoms with E-state index in [-0.39, 0.29) is 5.92 Å². The maximum atomic E-state index is 11.2. The molecule has 2 rings (SSSR count). The molecule has 3 nitrogen and oxygen atoms in total. The maximum Gasteiger partial charge on any atom is 0.307 e. The smallest absolute Gasteiger partial charge is 0.307 e. The molecule has 0 aromatic heterocycles. The lowest BCUT2D eigenvalue weighted by molar-refractivity contribution is -0.142. The lowest BCUT2D eigenvalue weighted by atomic mass is 9.97. The summed E-state index contributed by atoms with van der Waals surface area (Å²) in [7, 11) is 0. The van der Waals surface area contributed by atoms with Gasteiger partial charge in [-0.1, -0.05) is 56.3 Å². The van der Waals surface area contributed by atoms with Crippen molar-refractivity contribution in [3.63, 3.8) is 0 Å². The fourth-order valence-corrected chi connectivity index (χ4v) is 2.67. The van der Waals surface area contributed by atoms with Crippen LogP contribution in [-0.2, 0) is 11.3 Å². The van der Waals surface area contributed by atoms with Gasteiger partial charge in [-0.05, 0) is 28.7 Å². The minimum Gasteiger partial charge on any atom is -0.481 e. The molecular weight excluding hydrogens is 262 g/mol. The molecule has 0 aliphatic carbocycles. The first-order valence-electron chi connectivity index (χ1n) is 7.48. The van der Waals surface area contributed by atoms with E-state index in [1.807, 2.05) is 18.2 Å². The van der Waals surface area contributed by atoms with Crippen LogP contribution in [0.3, 0.4) is 0 Å². The Balaban J connectivity index is 2.00. The number of hydrogen-bond donors (Lipinski definition) is 2. The molecule has 0 radical (unpaired) electrons. The minimum atomic E-state index is -0.714. The molecule has 0 amide bonds. The van der Waals surface area contributed by atoms with E-state index in [9.17, 15) is 9.90 Å². The molecule has 0 heterocycles. The van der Waals surface area contributed by atoms with Gasteiger partial charge >= 0.3 is 5.97 Å². The largest absolute Gasteiger partial charge is 0.481 e. The molecule has 1 unspecified atom stereocenters. The second kappa shape index (κ2) is 7.23. The molecule has 0 spiro atoms. The van der Waals surface area contributed by atoms with Crippen LogP contribution in [0.2, 0.25) is 0 Å². The molecule has 0 bridgehead atoms. The monoisotopic (exact) mass is 285 g/mol. The van der Waals surface area contributed by atoms with Crippen LogP contribution in [0.4, 0.5) is 0 Å². The Kier molecular flexibility index (Phi) is 5.34. The molecule has 0 saturated carbocycles. The van der Waals surface area contributed by atoms with Crippen molar-refractivity contribution in [2.24, 2.45) is 11.8 Å². The molecule has 2 aromatic carbocycles. The molecule has 0 aliphatic heterocycles. The highest BCUT2D eigenvalue weighted by molar-refractivity contribution is 5.85. The SMILES string of the molecule is CC(C)CC(CNCc1cccc2ccccc12)C(=O)O. The van der Waals surface area contributed by atoms with E-state index in [0.29, 0.717) is 25.4 Å². The summed E-state index contributed by atoms with van der Waals surface area (Å²) in [5, 5.41) is 15.0. The van der Waals surface area contributed by atoms with Crippen molar-refractivity contribution in [2.45, 2.75) is 26.8 Å². The van der Waals surface area contributed by atoms with Crippen molar-refractivity contribution in [3.05, 3.63) is 48.0 Å². The first kappa shape index (κ1) is 15.5. The summed E-state index contributed by atoms with van der Waals surface area (Å²) in [5.74, 6) is -0.639. The van der Waals surface area contributed by atoms with Gasteiger partial charge in [0.2, 0.25) is 0 Å². The lowest BCUT2D eigenvalue weighted by Gasteiger charge is -2.16. The van der Waals surface area contributed by atoms with Crippen molar-refractivity contribution < 1.29 is 9.90 Å². The second-order valence-corrected chi connectivity index (χ2v) is 5.93. The molecule has 3 heteroatoms. The fourth-order valence-electron chi connectivity index (χ4n) is 2.67. The molecule has 2 aromatic rings. The summed E-state index contributed by atoms with van der Waals surface area (Å²) in [5.41, 5.74) is 1.21. The van der Waals surface area contributed by atoms with Gasteiger partial charge in [-0.2, -0.15) is 0 Å². The molecule has 0 fully saturated rings. The quantitative estimate of drug-likeness (QED) is 0.816. The molecular formula is C18H23NO2. The van der Waals surface area contributed by atoms with Crippen molar-refractivity contribution in [1.29, 1.82) is 0 Å². The van der Waals surface area contributed by atoms with E-state index >= 15 is 0 Å². The highest BCUT2D eigenvalue weighted by Crippen LogP contribution is 2.18. The number of carbonyl (C=O) groups is 1. The zero-order chi connectivity index (χ0) is 15.2. The summed E-state index contributed by atoms with van der Waals surface area (Å²) in [6.45, 7) is 5.32.